The zero-order valence-corrected chi connectivity index (χ0v) is 15.3. The van der Waals surface area contributed by atoms with E-state index in [0.717, 1.165) is 6.07 Å². The van der Waals surface area contributed by atoms with E-state index in [2.05, 4.69) is 5.16 Å². The van der Waals surface area contributed by atoms with E-state index in [1.807, 2.05) is 0 Å². The Bertz CT molecular complexity index is 910. The number of nitrogens with zero attached hydrogens (tertiary/aromatic N) is 1. The average molecular weight is 427 g/mol. The standard InChI is InChI=1S/C15H10Cl2F3NO.HNO2S/c1-9(21-22-12-4-2-3-10(16)7-12)13-8-11(17)5-6-14(13)15(18,19)20;1-4(2)3/h2-8H,1H3;1H/b21-9+;. The van der Waals surface area contributed by atoms with Crippen LogP contribution in [0.25, 0.3) is 0 Å². The summed E-state index contributed by atoms with van der Waals surface area (Å²) < 4.78 is 61.8. The second-order valence-electron chi connectivity index (χ2n) is 4.65. The summed E-state index contributed by atoms with van der Waals surface area (Å²) in [5, 5.41) is 4.34. The first-order valence-electron chi connectivity index (χ1n) is 6.65. The zero-order chi connectivity index (χ0) is 19.9. The molecule has 0 aromatic heterocycles. The molecule has 0 radical (unpaired) electrons. The van der Waals surface area contributed by atoms with Gasteiger partial charge in [-0.25, -0.2) is 0 Å². The van der Waals surface area contributed by atoms with E-state index in [1.165, 1.54) is 25.1 Å². The second kappa shape index (κ2) is 9.56. The number of hydrogen-bond donors (Lipinski definition) is 1. The molecule has 0 unspecified atom stereocenters. The third-order valence-corrected chi connectivity index (χ3v) is 3.23. The minimum Gasteiger partial charge on any atom is -0.357 e. The Kier molecular flexibility index (Phi) is 8.07. The molecule has 26 heavy (non-hydrogen) atoms. The highest BCUT2D eigenvalue weighted by Gasteiger charge is 2.34. The third-order valence-electron chi connectivity index (χ3n) is 2.76. The van der Waals surface area contributed by atoms with E-state index < -0.39 is 22.2 Å². The highest BCUT2D eigenvalue weighted by molar-refractivity contribution is 7.60. The van der Waals surface area contributed by atoms with Gasteiger partial charge in [-0.3, -0.25) is 0 Å². The van der Waals surface area contributed by atoms with Gasteiger partial charge in [-0.15, -0.1) is 0 Å². The van der Waals surface area contributed by atoms with Crippen molar-refractivity contribution >= 4 is 39.4 Å². The minimum absolute atomic E-state index is 0.0507. The van der Waals surface area contributed by atoms with E-state index in [9.17, 15) is 13.2 Å². The van der Waals surface area contributed by atoms with Crippen molar-refractivity contribution in [2.45, 2.75) is 13.1 Å². The summed E-state index contributed by atoms with van der Waals surface area (Å²) in [7, 11) is -2.61. The fraction of sp³-hybridized carbons (Fsp3) is 0.133. The van der Waals surface area contributed by atoms with Gasteiger partial charge in [0.05, 0.1) is 11.3 Å². The van der Waals surface area contributed by atoms with Crippen LogP contribution < -0.4 is 4.84 Å². The van der Waals surface area contributed by atoms with Gasteiger partial charge in [-0.05, 0) is 37.3 Å². The van der Waals surface area contributed by atoms with Gasteiger partial charge in [-0.2, -0.15) is 26.4 Å². The number of rotatable bonds is 3. The van der Waals surface area contributed by atoms with Crippen LogP contribution in [0.5, 0.6) is 5.75 Å². The highest BCUT2D eigenvalue weighted by Crippen LogP contribution is 2.33. The Morgan fingerprint density at radius 3 is 2.23 bits per heavy atom. The van der Waals surface area contributed by atoms with Crippen LogP contribution in [0.4, 0.5) is 13.2 Å². The van der Waals surface area contributed by atoms with Crippen LogP contribution in [0, 0.1) is 4.78 Å². The van der Waals surface area contributed by atoms with Crippen LogP contribution in [-0.2, 0) is 16.7 Å². The number of alkyl halides is 3. The van der Waals surface area contributed by atoms with Gasteiger partial charge in [-0.1, -0.05) is 34.4 Å². The summed E-state index contributed by atoms with van der Waals surface area (Å²) in [5.74, 6) is 0.322. The van der Waals surface area contributed by atoms with Gasteiger partial charge in [0.15, 0.2) is 5.75 Å². The first-order chi connectivity index (χ1) is 12.0. The Morgan fingerprint density at radius 2 is 1.69 bits per heavy atom. The molecular formula is C15H11Cl2F3N2O3S. The van der Waals surface area contributed by atoms with Gasteiger partial charge < -0.3 is 4.84 Å². The Hall–Kier alpha value is -2.10. The smallest absolute Gasteiger partial charge is 0.357 e. The maximum absolute atomic E-state index is 13.0. The van der Waals surface area contributed by atoms with E-state index in [4.69, 9.17) is 41.2 Å². The minimum atomic E-state index is -4.51. The van der Waals surface area contributed by atoms with Crippen molar-refractivity contribution in [3.63, 3.8) is 0 Å². The van der Waals surface area contributed by atoms with Crippen LogP contribution in [0.2, 0.25) is 10.0 Å². The largest absolute Gasteiger partial charge is 0.417 e. The molecular weight excluding hydrogens is 416 g/mol. The fourth-order valence-electron chi connectivity index (χ4n) is 1.76. The molecule has 2 aromatic rings. The Labute approximate surface area is 158 Å². The maximum Gasteiger partial charge on any atom is 0.417 e. The molecule has 5 nitrogen and oxygen atoms in total. The van der Waals surface area contributed by atoms with Gasteiger partial charge in [0, 0.05) is 21.7 Å². The quantitative estimate of drug-likeness (QED) is 0.523. The first-order valence-corrected chi connectivity index (χ1v) is 8.48. The Balaban J connectivity index is 0.000000765. The van der Waals surface area contributed by atoms with E-state index >= 15 is 0 Å². The van der Waals surface area contributed by atoms with Crippen molar-refractivity contribution in [1.29, 1.82) is 4.78 Å². The van der Waals surface area contributed by atoms with E-state index in [0.29, 0.717) is 10.8 Å². The predicted molar refractivity (Wildman–Crippen MR) is 92.4 cm³/mol. The van der Waals surface area contributed by atoms with E-state index in [-0.39, 0.29) is 16.3 Å². The Morgan fingerprint density at radius 1 is 1.12 bits per heavy atom. The molecule has 0 saturated carbocycles. The summed E-state index contributed by atoms with van der Waals surface area (Å²) in [5.41, 5.74) is -0.912. The topological polar surface area (TPSA) is 79.6 Å². The van der Waals surface area contributed by atoms with Gasteiger partial charge >= 0.3 is 16.7 Å². The van der Waals surface area contributed by atoms with Crippen molar-refractivity contribution in [1.82, 2.24) is 0 Å². The molecule has 140 valence electrons. The first kappa shape index (κ1) is 21.9. The zero-order valence-electron chi connectivity index (χ0n) is 13.0. The molecule has 0 fully saturated rings. The number of halogens is 5. The van der Waals surface area contributed by atoms with Crippen LogP contribution in [0.15, 0.2) is 47.6 Å². The highest BCUT2D eigenvalue weighted by atomic mass is 35.5. The molecule has 0 aliphatic carbocycles. The lowest BCUT2D eigenvalue weighted by atomic mass is 10.0. The lowest BCUT2D eigenvalue weighted by Gasteiger charge is -2.12. The van der Waals surface area contributed by atoms with Crippen molar-refractivity contribution in [2.75, 3.05) is 0 Å². The molecule has 0 atom stereocenters. The number of benzene rings is 2. The molecule has 0 aliphatic heterocycles. The van der Waals surface area contributed by atoms with Crippen LogP contribution in [-0.4, -0.2) is 14.1 Å². The monoisotopic (exact) mass is 426 g/mol. The molecule has 2 rings (SSSR count). The number of oxime groups is 1. The normalized spacial score (nSPS) is 11.4. The molecule has 0 amide bonds. The summed E-state index contributed by atoms with van der Waals surface area (Å²) in [4.78, 5) is 5.10. The van der Waals surface area contributed by atoms with Gasteiger partial charge in [0.2, 0.25) is 0 Å². The van der Waals surface area contributed by atoms with Crippen LogP contribution >= 0.6 is 23.2 Å². The maximum atomic E-state index is 13.0. The van der Waals surface area contributed by atoms with Crippen molar-refractivity contribution in [3.05, 3.63) is 63.6 Å². The fourth-order valence-corrected chi connectivity index (χ4v) is 2.11. The predicted octanol–water partition coefficient (Wildman–Crippen LogP) is 5.44. The summed E-state index contributed by atoms with van der Waals surface area (Å²) in [6.45, 7) is 1.41. The molecule has 0 bridgehead atoms. The van der Waals surface area contributed by atoms with Crippen LogP contribution in [0.3, 0.4) is 0 Å². The molecule has 0 saturated heterocycles. The summed E-state index contributed by atoms with van der Waals surface area (Å²) in [6, 6.07) is 9.67. The molecule has 0 aliphatic rings. The molecule has 2 aromatic carbocycles. The van der Waals surface area contributed by atoms with Gasteiger partial charge in [0.1, 0.15) is 0 Å². The number of hydrogen-bond acceptors (Lipinski definition) is 5. The van der Waals surface area contributed by atoms with Crippen molar-refractivity contribution in [2.24, 2.45) is 5.16 Å². The SMILES string of the molecule is C/C(=N\Oc1cccc(Cl)c1)c1cc(Cl)ccc1C(F)(F)F.N=S(=O)=O. The number of nitrogens with one attached hydrogen (secondary N) is 1. The molecule has 11 heteroatoms. The van der Waals surface area contributed by atoms with E-state index in [1.54, 1.807) is 18.2 Å². The lowest BCUT2D eigenvalue weighted by molar-refractivity contribution is -0.137. The molecule has 0 heterocycles. The van der Waals surface area contributed by atoms with Crippen LogP contribution in [0.1, 0.15) is 18.1 Å². The van der Waals surface area contributed by atoms with Crippen molar-refractivity contribution in [3.8, 4) is 5.75 Å². The summed E-state index contributed by atoms with van der Waals surface area (Å²) in [6.07, 6.45) is -4.51. The lowest BCUT2D eigenvalue weighted by Crippen LogP contribution is -2.12. The van der Waals surface area contributed by atoms with Crippen molar-refractivity contribution < 1.29 is 26.4 Å². The molecule has 0 spiro atoms. The second-order valence-corrected chi connectivity index (χ2v) is 5.99. The van der Waals surface area contributed by atoms with Gasteiger partial charge in [0.25, 0.3) is 0 Å². The summed E-state index contributed by atoms with van der Waals surface area (Å²) >= 11 is 11.6. The third kappa shape index (κ3) is 7.42. The molecule has 1 N–H and O–H groups in total. The average Bonchev–Trinajstić information content (AvgIpc) is 2.51.